The van der Waals surface area contributed by atoms with E-state index in [9.17, 15) is 9.59 Å². The Morgan fingerprint density at radius 3 is 2.25 bits per heavy atom. The molecular weight excluding hydrogens is 156 g/mol. The SMILES string of the molecule is CCCC(=O)C1(C(=O)O)CCC1. The molecule has 0 aromatic heterocycles. The quantitative estimate of drug-likeness (QED) is 0.652. The number of carbonyl (C=O) groups excluding carboxylic acids is 1. The fourth-order valence-electron chi connectivity index (χ4n) is 1.61. The summed E-state index contributed by atoms with van der Waals surface area (Å²) in [6.07, 6.45) is 3.12. The lowest BCUT2D eigenvalue weighted by atomic mass is 9.65. The van der Waals surface area contributed by atoms with Crippen LogP contribution in [0.1, 0.15) is 39.0 Å². The van der Waals surface area contributed by atoms with Crippen molar-refractivity contribution in [1.29, 1.82) is 0 Å². The molecule has 1 N–H and O–H groups in total. The van der Waals surface area contributed by atoms with Gasteiger partial charge in [0.05, 0.1) is 0 Å². The van der Waals surface area contributed by atoms with E-state index in [1.165, 1.54) is 0 Å². The van der Waals surface area contributed by atoms with Crippen LogP contribution in [0.4, 0.5) is 0 Å². The van der Waals surface area contributed by atoms with Crippen LogP contribution in [0.25, 0.3) is 0 Å². The monoisotopic (exact) mass is 170 g/mol. The van der Waals surface area contributed by atoms with Crippen LogP contribution in [-0.4, -0.2) is 16.9 Å². The van der Waals surface area contributed by atoms with Crippen molar-refractivity contribution in [3.63, 3.8) is 0 Å². The number of ketones is 1. The number of rotatable bonds is 4. The highest BCUT2D eigenvalue weighted by atomic mass is 16.4. The van der Waals surface area contributed by atoms with Gasteiger partial charge in [-0.2, -0.15) is 0 Å². The first kappa shape index (κ1) is 9.23. The van der Waals surface area contributed by atoms with Crippen molar-refractivity contribution in [2.75, 3.05) is 0 Å². The summed E-state index contributed by atoms with van der Waals surface area (Å²) in [5.74, 6) is -1.00. The second-order valence-corrected chi connectivity index (χ2v) is 3.41. The molecule has 0 aliphatic heterocycles. The Morgan fingerprint density at radius 1 is 1.42 bits per heavy atom. The number of hydrogen-bond acceptors (Lipinski definition) is 2. The molecule has 0 unspecified atom stereocenters. The first-order chi connectivity index (χ1) is 5.63. The summed E-state index contributed by atoms with van der Waals surface area (Å²) < 4.78 is 0. The van der Waals surface area contributed by atoms with Crippen LogP contribution < -0.4 is 0 Å². The van der Waals surface area contributed by atoms with Crippen molar-refractivity contribution in [2.45, 2.75) is 39.0 Å². The molecule has 0 aromatic carbocycles. The van der Waals surface area contributed by atoms with Crippen molar-refractivity contribution in [1.82, 2.24) is 0 Å². The van der Waals surface area contributed by atoms with E-state index in [0.29, 0.717) is 19.3 Å². The maximum Gasteiger partial charge on any atom is 0.317 e. The second kappa shape index (κ2) is 3.25. The molecule has 0 heterocycles. The Labute approximate surface area is 71.8 Å². The van der Waals surface area contributed by atoms with Crippen LogP contribution >= 0.6 is 0 Å². The predicted molar refractivity (Wildman–Crippen MR) is 43.8 cm³/mol. The van der Waals surface area contributed by atoms with Crippen LogP contribution in [0.15, 0.2) is 0 Å². The van der Waals surface area contributed by atoms with E-state index in [0.717, 1.165) is 12.8 Å². The molecule has 0 atom stereocenters. The molecule has 1 fully saturated rings. The van der Waals surface area contributed by atoms with Gasteiger partial charge in [0.25, 0.3) is 0 Å². The fraction of sp³-hybridized carbons (Fsp3) is 0.778. The van der Waals surface area contributed by atoms with Gasteiger partial charge in [-0.3, -0.25) is 9.59 Å². The Bertz CT molecular complexity index is 204. The van der Waals surface area contributed by atoms with Crippen LogP contribution in [0.2, 0.25) is 0 Å². The zero-order valence-corrected chi connectivity index (χ0v) is 7.30. The predicted octanol–water partition coefficient (Wildman–Crippen LogP) is 1.61. The van der Waals surface area contributed by atoms with Crippen molar-refractivity contribution in [3.8, 4) is 0 Å². The number of carboxylic acid groups (broad SMARTS) is 1. The summed E-state index contributed by atoms with van der Waals surface area (Å²) in [5.41, 5.74) is -0.990. The summed E-state index contributed by atoms with van der Waals surface area (Å²) >= 11 is 0. The first-order valence-electron chi connectivity index (χ1n) is 4.40. The standard InChI is InChI=1S/C9H14O3/c1-2-4-7(10)9(8(11)12)5-3-6-9/h2-6H2,1H3,(H,11,12). The minimum absolute atomic E-state index is 0.0799. The number of aliphatic carboxylic acids is 1. The lowest BCUT2D eigenvalue weighted by molar-refractivity contribution is -0.161. The van der Waals surface area contributed by atoms with Crippen molar-refractivity contribution >= 4 is 11.8 Å². The molecule has 0 aromatic rings. The lowest BCUT2D eigenvalue weighted by Crippen LogP contribution is -2.45. The molecule has 3 heteroatoms. The van der Waals surface area contributed by atoms with E-state index >= 15 is 0 Å². The summed E-state index contributed by atoms with van der Waals surface area (Å²) in [4.78, 5) is 22.2. The van der Waals surface area contributed by atoms with E-state index in [4.69, 9.17) is 5.11 Å². The van der Waals surface area contributed by atoms with Crippen molar-refractivity contribution in [2.24, 2.45) is 5.41 Å². The normalized spacial score (nSPS) is 19.8. The molecule has 0 saturated heterocycles. The van der Waals surface area contributed by atoms with E-state index in [1.54, 1.807) is 0 Å². The Hall–Kier alpha value is -0.860. The average Bonchev–Trinajstić information content (AvgIpc) is 1.83. The van der Waals surface area contributed by atoms with Crippen LogP contribution in [0.5, 0.6) is 0 Å². The Balaban J connectivity index is 2.67. The molecule has 0 bridgehead atoms. The van der Waals surface area contributed by atoms with Gasteiger partial charge in [-0.1, -0.05) is 13.3 Å². The Kier molecular flexibility index (Phi) is 2.50. The highest BCUT2D eigenvalue weighted by Gasteiger charge is 2.49. The Morgan fingerprint density at radius 2 is 2.00 bits per heavy atom. The third kappa shape index (κ3) is 1.24. The molecule has 1 aliphatic carbocycles. The zero-order chi connectivity index (χ0) is 9.19. The smallest absolute Gasteiger partial charge is 0.317 e. The maximum absolute atomic E-state index is 11.4. The molecule has 12 heavy (non-hydrogen) atoms. The fourth-order valence-corrected chi connectivity index (χ4v) is 1.61. The third-order valence-electron chi connectivity index (χ3n) is 2.63. The molecule has 1 aliphatic rings. The van der Waals surface area contributed by atoms with Gasteiger partial charge in [-0.25, -0.2) is 0 Å². The molecular formula is C9H14O3. The highest BCUT2D eigenvalue weighted by Crippen LogP contribution is 2.42. The van der Waals surface area contributed by atoms with Crippen LogP contribution in [0.3, 0.4) is 0 Å². The number of carbonyl (C=O) groups is 2. The van der Waals surface area contributed by atoms with E-state index in [2.05, 4.69) is 0 Å². The van der Waals surface area contributed by atoms with Crippen molar-refractivity contribution in [3.05, 3.63) is 0 Å². The maximum atomic E-state index is 11.4. The van der Waals surface area contributed by atoms with Crippen LogP contribution in [0, 0.1) is 5.41 Å². The molecule has 1 rings (SSSR count). The summed E-state index contributed by atoms with van der Waals surface area (Å²) in [5, 5.41) is 8.86. The number of Topliss-reactive ketones (excluding diaryl/α,β-unsaturated/α-hetero) is 1. The van der Waals surface area contributed by atoms with Gasteiger partial charge in [0.2, 0.25) is 0 Å². The third-order valence-corrected chi connectivity index (χ3v) is 2.63. The molecule has 1 saturated carbocycles. The number of hydrogen-bond donors (Lipinski definition) is 1. The molecule has 0 radical (unpaired) electrons. The van der Waals surface area contributed by atoms with E-state index < -0.39 is 11.4 Å². The van der Waals surface area contributed by atoms with Gasteiger partial charge >= 0.3 is 5.97 Å². The minimum Gasteiger partial charge on any atom is -0.480 e. The zero-order valence-electron chi connectivity index (χ0n) is 7.30. The number of carboxylic acids is 1. The van der Waals surface area contributed by atoms with Gasteiger partial charge in [-0.05, 0) is 19.3 Å². The highest BCUT2D eigenvalue weighted by molar-refractivity contribution is 6.03. The largest absolute Gasteiger partial charge is 0.480 e. The van der Waals surface area contributed by atoms with Crippen LogP contribution in [-0.2, 0) is 9.59 Å². The minimum atomic E-state index is -0.990. The van der Waals surface area contributed by atoms with E-state index in [-0.39, 0.29) is 5.78 Å². The lowest BCUT2D eigenvalue weighted by Gasteiger charge is -2.35. The summed E-state index contributed by atoms with van der Waals surface area (Å²) in [6, 6.07) is 0. The second-order valence-electron chi connectivity index (χ2n) is 3.41. The first-order valence-corrected chi connectivity index (χ1v) is 4.40. The topological polar surface area (TPSA) is 54.4 Å². The van der Waals surface area contributed by atoms with E-state index in [1.807, 2.05) is 6.92 Å². The van der Waals surface area contributed by atoms with Gasteiger partial charge in [-0.15, -0.1) is 0 Å². The molecule has 68 valence electrons. The van der Waals surface area contributed by atoms with Crippen molar-refractivity contribution < 1.29 is 14.7 Å². The molecule has 0 spiro atoms. The van der Waals surface area contributed by atoms with Gasteiger partial charge in [0.15, 0.2) is 0 Å². The molecule has 0 amide bonds. The summed E-state index contributed by atoms with van der Waals surface area (Å²) in [7, 11) is 0. The van der Waals surface area contributed by atoms with Gasteiger partial charge in [0.1, 0.15) is 11.2 Å². The van der Waals surface area contributed by atoms with Gasteiger partial charge < -0.3 is 5.11 Å². The average molecular weight is 170 g/mol. The molecule has 3 nitrogen and oxygen atoms in total. The van der Waals surface area contributed by atoms with Gasteiger partial charge in [0, 0.05) is 6.42 Å². The summed E-state index contributed by atoms with van der Waals surface area (Å²) in [6.45, 7) is 1.89.